The van der Waals surface area contributed by atoms with Crippen LogP contribution in [0.1, 0.15) is 38.3 Å². The fourth-order valence-electron chi connectivity index (χ4n) is 3.63. The summed E-state index contributed by atoms with van der Waals surface area (Å²) >= 11 is 1.44. The molecule has 0 aliphatic carbocycles. The maximum absolute atomic E-state index is 13.4. The molecule has 4 aromatic rings. The summed E-state index contributed by atoms with van der Waals surface area (Å²) in [6.07, 6.45) is 0. The van der Waals surface area contributed by atoms with Crippen molar-refractivity contribution in [1.29, 1.82) is 0 Å². The van der Waals surface area contributed by atoms with Gasteiger partial charge < -0.3 is 4.42 Å². The Morgan fingerprint density at radius 2 is 1.71 bits per heavy atom. The molecule has 6 heteroatoms. The molecule has 0 spiro atoms. The van der Waals surface area contributed by atoms with Gasteiger partial charge in [-0.2, -0.15) is 0 Å². The quantitative estimate of drug-likeness (QED) is 0.503. The molecule has 2 aromatic carbocycles. The van der Waals surface area contributed by atoms with E-state index < -0.39 is 6.04 Å². The van der Waals surface area contributed by atoms with Crippen molar-refractivity contribution in [3.8, 4) is 0 Å². The maximum atomic E-state index is 13.4. The van der Waals surface area contributed by atoms with Crippen molar-refractivity contribution >= 4 is 33.3 Å². The summed E-state index contributed by atoms with van der Waals surface area (Å²) in [4.78, 5) is 33.9. The molecule has 1 amide bonds. The van der Waals surface area contributed by atoms with Gasteiger partial charge in [0, 0.05) is 4.88 Å². The molecule has 2 aromatic heterocycles. The van der Waals surface area contributed by atoms with E-state index in [0.717, 1.165) is 16.1 Å². The zero-order valence-corrected chi connectivity index (χ0v) is 16.1. The van der Waals surface area contributed by atoms with Gasteiger partial charge in [0.25, 0.3) is 5.91 Å². The van der Waals surface area contributed by atoms with Crippen LogP contribution in [0.3, 0.4) is 0 Å². The summed E-state index contributed by atoms with van der Waals surface area (Å²) in [7, 11) is 0. The average molecular weight is 388 g/mol. The second-order valence-electron chi connectivity index (χ2n) is 6.80. The third-order valence-corrected chi connectivity index (χ3v) is 6.19. The largest absolute Gasteiger partial charge is 0.450 e. The molecule has 3 heterocycles. The standard InChI is InChI=1S/C22H16N2O3S/c1-12-13(2)28-22(23-12)24-18(14-8-4-3-5-9-14)17-19(25)15-10-6-7-11-16(15)27-20(17)21(24)26/h3-11,18H,1-2H3. The van der Waals surface area contributed by atoms with Gasteiger partial charge >= 0.3 is 0 Å². The average Bonchev–Trinajstić information content (AvgIpc) is 3.19. The minimum absolute atomic E-state index is 0.100. The van der Waals surface area contributed by atoms with E-state index in [1.165, 1.54) is 11.3 Å². The van der Waals surface area contributed by atoms with Crippen molar-refractivity contribution in [2.45, 2.75) is 19.9 Å². The van der Waals surface area contributed by atoms with Crippen LogP contribution in [-0.4, -0.2) is 10.9 Å². The fourth-order valence-corrected chi connectivity index (χ4v) is 4.56. The van der Waals surface area contributed by atoms with E-state index in [1.54, 1.807) is 29.2 Å². The number of anilines is 1. The fraction of sp³-hybridized carbons (Fsp3) is 0.136. The van der Waals surface area contributed by atoms with E-state index in [-0.39, 0.29) is 17.1 Å². The van der Waals surface area contributed by atoms with Crippen LogP contribution in [0, 0.1) is 13.8 Å². The van der Waals surface area contributed by atoms with Crippen LogP contribution in [0.5, 0.6) is 0 Å². The zero-order valence-electron chi connectivity index (χ0n) is 15.3. The van der Waals surface area contributed by atoms with E-state index in [9.17, 15) is 9.59 Å². The summed E-state index contributed by atoms with van der Waals surface area (Å²) in [6.45, 7) is 3.89. The lowest BCUT2D eigenvalue weighted by molar-refractivity contribution is 0.0971. The van der Waals surface area contributed by atoms with Crippen LogP contribution in [0.25, 0.3) is 11.0 Å². The van der Waals surface area contributed by atoms with E-state index in [1.807, 2.05) is 44.2 Å². The van der Waals surface area contributed by atoms with Crippen LogP contribution in [0.15, 0.2) is 63.8 Å². The van der Waals surface area contributed by atoms with Crippen LogP contribution in [-0.2, 0) is 0 Å². The van der Waals surface area contributed by atoms with Gasteiger partial charge in [0.05, 0.1) is 22.7 Å². The molecule has 0 saturated heterocycles. The number of hydrogen-bond acceptors (Lipinski definition) is 5. The van der Waals surface area contributed by atoms with Crippen molar-refractivity contribution in [3.63, 3.8) is 0 Å². The molecule has 0 N–H and O–H groups in total. The van der Waals surface area contributed by atoms with Gasteiger partial charge in [-0.15, -0.1) is 11.3 Å². The van der Waals surface area contributed by atoms with E-state index in [2.05, 4.69) is 4.98 Å². The first-order valence-corrected chi connectivity index (χ1v) is 9.76. The molecule has 28 heavy (non-hydrogen) atoms. The van der Waals surface area contributed by atoms with Crippen molar-refractivity contribution in [3.05, 3.63) is 92.3 Å². The predicted octanol–water partition coefficient (Wildman–Crippen LogP) is 4.62. The van der Waals surface area contributed by atoms with Gasteiger partial charge in [0.1, 0.15) is 5.58 Å². The first-order valence-electron chi connectivity index (χ1n) is 8.94. The summed E-state index contributed by atoms with van der Waals surface area (Å²) < 4.78 is 5.92. The van der Waals surface area contributed by atoms with Gasteiger partial charge in [0.2, 0.25) is 5.76 Å². The second kappa shape index (κ2) is 6.14. The number of carbonyl (C=O) groups excluding carboxylic acids is 1. The molecule has 0 saturated carbocycles. The summed E-state index contributed by atoms with van der Waals surface area (Å²) in [5, 5.41) is 1.05. The van der Waals surface area contributed by atoms with Gasteiger partial charge in [-0.3, -0.25) is 14.5 Å². The van der Waals surface area contributed by atoms with Crippen molar-refractivity contribution in [2.24, 2.45) is 0 Å². The van der Waals surface area contributed by atoms with E-state index in [4.69, 9.17) is 4.42 Å². The molecule has 1 unspecified atom stereocenters. The number of aromatic nitrogens is 1. The number of amides is 1. The smallest absolute Gasteiger partial charge is 0.297 e. The lowest BCUT2D eigenvalue weighted by atomic mass is 9.99. The van der Waals surface area contributed by atoms with E-state index >= 15 is 0 Å². The highest BCUT2D eigenvalue weighted by atomic mass is 32.1. The highest BCUT2D eigenvalue weighted by molar-refractivity contribution is 7.15. The minimum atomic E-state index is -0.561. The number of para-hydroxylation sites is 1. The highest BCUT2D eigenvalue weighted by Crippen LogP contribution is 2.42. The van der Waals surface area contributed by atoms with Crippen LogP contribution in [0.4, 0.5) is 5.13 Å². The number of benzene rings is 2. The Bertz CT molecular complexity index is 1270. The van der Waals surface area contributed by atoms with Crippen molar-refractivity contribution < 1.29 is 9.21 Å². The lowest BCUT2D eigenvalue weighted by Gasteiger charge is -2.22. The Balaban J connectivity index is 1.83. The Hall–Kier alpha value is -3.25. The molecule has 0 fully saturated rings. The van der Waals surface area contributed by atoms with E-state index in [0.29, 0.717) is 21.7 Å². The molecule has 1 aliphatic rings. The van der Waals surface area contributed by atoms with Crippen LogP contribution < -0.4 is 10.3 Å². The maximum Gasteiger partial charge on any atom is 0.297 e. The third kappa shape index (κ3) is 2.34. The normalized spacial score (nSPS) is 16.0. The topological polar surface area (TPSA) is 63.4 Å². The number of carbonyl (C=O) groups is 1. The second-order valence-corrected chi connectivity index (χ2v) is 7.98. The zero-order chi connectivity index (χ0) is 19.4. The molecule has 5 rings (SSSR count). The van der Waals surface area contributed by atoms with Gasteiger partial charge in [-0.05, 0) is 31.5 Å². The molecule has 138 valence electrons. The molecule has 1 aliphatic heterocycles. The Morgan fingerprint density at radius 3 is 2.43 bits per heavy atom. The Kier molecular flexibility index (Phi) is 3.70. The number of fused-ring (bicyclic) bond motifs is 2. The van der Waals surface area contributed by atoms with Crippen LogP contribution in [0.2, 0.25) is 0 Å². The number of thiazole rings is 1. The van der Waals surface area contributed by atoms with Gasteiger partial charge in [0.15, 0.2) is 10.6 Å². The Labute approximate surface area is 164 Å². The lowest BCUT2D eigenvalue weighted by Crippen LogP contribution is -2.29. The number of aryl methyl sites for hydroxylation is 2. The van der Waals surface area contributed by atoms with Crippen molar-refractivity contribution in [1.82, 2.24) is 4.98 Å². The third-order valence-electron chi connectivity index (χ3n) is 5.12. The van der Waals surface area contributed by atoms with Crippen LogP contribution >= 0.6 is 11.3 Å². The summed E-state index contributed by atoms with van der Waals surface area (Å²) in [5.74, 6) is -0.233. The molecule has 0 radical (unpaired) electrons. The first kappa shape index (κ1) is 16.9. The summed E-state index contributed by atoms with van der Waals surface area (Å²) in [6, 6.07) is 16.0. The molecule has 1 atom stereocenters. The number of hydrogen-bond donors (Lipinski definition) is 0. The molecule has 0 bridgehead atoms. The molecule has 5 nitrogen and oxygen atoms in total. The SMILES string of the molecule is Cc1nc(N2C(=O)c3oc4ccccc4c(=O)c3C2c2ccccc2)sc1C. The van der Waals surface area contributed by atoms with Gasteiger partial charge in [-0.25, -0.2) is 4.98 Å². The number of rotatable bonds is 2. The molecular weight excluding hydrogens is 372 g/mol. The highest BCUT2D eigenvalue weighted by Gasteiger charge is 2.44. The van der Waals surface area contributed by atoms with Crippen molar-refractivity contribution in [2.75, 3.05) is 4.90 Å². The minimum Gasteiger partial charge on any atom is -0.450 e. The van der Waals surface area contributed by atoms with Gasteiger partial charge in [-0.1, -0.05) is 42.5 Å². The summed E-state index contributed by atoms with van der Waals surface area (Å²) in [5.41, 5.74) is 2.34. The number of nitrogens with zero attached hydrogens (tertiary/aromatic N) is 2. The molecular formula is C22H16N2O3S. The first-order chi connectivity index (χ1) is 13.6. The monoisotopic (exact) mass is 388 g/mol. The predicted molar refractivity (Wildman–Crippen MR) is 109 cm³/mol. The Morgan fingerprint density at radius 1 is 1.00 bits per heavy atom.